The van der Waals surface area contributed by atoms with Gasteiger partial charge >= 0.3 is 0 Å². The number of aryl methyl sites for hydroxylation is 1. The number of pyridine rings is 1. The summed E-state index contributed by atoms with van der Waals surface area (Å²) in [5, 5.41) is 2.69. The third-order valence-corrected chi connectivity index (χ3v) is 3.00. The highest BCUT2D eigenvalue weighted by atomic mass is 79.9. The van der Waals surface area contributed by atoms with Crippen molar-refractivity contribution in [3.05, 3.63) is 58.1 Å². The van der Waals surface area contributed by atoms with Crippen LogP contribution in [0.2, 0.25) is 0 Å². The average molecular weight is 309 g/mol. The molecule has 0 aliphatic heterocycles. The van der Waals surface area contributed by atoms with Gasteiger partial charge in [-0.25, -0.2) is 4.39 Å². The molecule has 1 aromatic heterocycles. The molecule has 0 aliphatic rings. The lowest BCUT2D eigenvalue weighted by molar-refractivity contribution is 0.102. The summed E-state index contributed by atoms with van der Waals surface area (Å²) in [5.41, 5.74) is 1.89. The second kappa shape index (κ2) is 5.27. The minimum atomic E-state index is -0.536. The van der Waals surface area contributed by atoms with E-state index >= 15 is 0 Å². The van der Waals surface area contributed by atoms with Crippen molar-refractivity contribution in [2.24, 2.45) is 0 Å². The molecule has 0 atom stereocenters. The Labute approximate surface area is 112 Å². The molecule has 3 nitrogen and oxygen atoms in total. The standard InChI is InChI=1S/C13H10BrFN2O/c1-8-2-3-12(11(14)4-8)17-13(18)9-5-10(15)7-16-6-9/h2-7H,1H3,(H,17,18). The summed E-state index contributed by atoms with van der Waals surface area (Å²) < 4.78 is 13.7. The van der Waals surface area contributed by atoms with Crippen molar-refractivity contribution in [1.82, 2.24) is 4.98 Å². The molecule has 0 radical (unpaired) electrons. The number of hydrogen-bond donors (Lipinski definition) is 1. The molecule has 0 aliphatic carbocycles. The Morgan fingerprint density at radius 3 is 2.78 bits per heavy atom. The normalized spacial score (nSPS) is 10.2. The van der Waals surface area contributed by atoms with Crippen molar-refractivity contribution in [2.75, 3.05) is 5.32 Å². The van der Waals surface area contributed by atoms with Crippen molar-refractivity contribution >= 4 is 27.5 Å². The quantitative estimate of drug-likeness (QED) is 0.922. The van der Waals surface area contributed by atoms with Gasteiger partial charge in [0.25, 0.3) is 5.91 Å². The van der Waals surface area contributed by atoms with Gasteiger partial charge in [-0.3, -0.25) is 9.78 Å². The first kappa shape index (κ1) is 12.7. The highest BCUT2D eigenvalue weighted by Gasteiger charge is 2.09. The van der Waals surface area contributed by atoms with E-state index in [1.807, 2.05) is 19.1 Å². The highest BCUT2D eigenvalue weighted by molar-refractivity contribution is 9.10. The van der Waals surface area contributed by atoms with Gasteiger partial charge in [0, 0.05) is 10.7 Å². The Bertz CT molecular complexity index is 601. The first-order valence-corrected chi connectivity index (χ1v) is 6.03. The molecule has 5 heteroatoms. The zero-order valence-corrected chi connectivity index (χ0v) is 11.2. The number of hydrogen-bond acceptors (Lipinski definition) is 2. The van der Waals surface area contributed by atoms with Gasteiger partial charge in [0.1, 0.15) is 5.82 Å². The maximum Gasteiger partial charge on any atom is 0.257 e. The maximum atomic E-state index is 12.9. The van der Waals surface area contributed by atoms with Crippen LogP contribution in [-0.4, -0.2) is 10.9 Å². The van der Waals surface area contributed by atoms with Gasteiger partial charge in [-0.1, -0.05) is 6.07 Å². The van der Waals surface area contributed by atoms with E-state index < -0.39 is 11.7 Å². The van der Waals surface area contributed by atoms with E-state index in [2.05, 4.69) is 26.2 Å². The van der Waals surface area contributed by atoms with E-state index in [0.717, 1.165) is 22.3 Å². The highest BCUT2D eigenvalue weighted by Crippen LogP contribution is 2.23. The summed E-state index contributed by atoms with van der Waals surface area (Å²) in [7, 11) is 0. The minimum absolute atomic E-state index is 0.183. The third kappa shape index (κ3) is 2.92. The Kier molecular flexibility index (Phi) is 3.72. The average Bonchev–Trinajstić information content (AvgIpc) is 2.32. The van der Waals surface area contributed by atoms with Crippen LogP contribution in [0.1, 0.15) is 15.9 Å². The molecule has 0 fully saturated rings. The minimum Gasteiger partial charge on any atom is -0.321 e. The lowest BCUT2D eigenvalue weighted by Gasteiger charge is -2.07. The van der Waals surface area contributed by atoms with E-state index in [4.69, 9.17) is 0 Å². The Morgan fingerprint density at radius 1 is 1.33 bits per heavy atom. The molecule has 0 bridgehead atoms. The molecule has 1 N–H and O–H groups in total. The molecule has 1 amide bonds. The first-order chi connectivity index (χ1) is 8.56. The molecule has 1 heterocycles. The number of nitrogens with one attached hydrogen (secondary N) is 1. The van der Waals surface area contributed by atoms with Crippen LogP contribution in [0.25, 0.3) is 0 Å². The second-order valence-electron chi connectivity index (χ2n) is 3.83. The number of carbonyl (C=O) groups excluding carboxylic acids is 1. The van der Waals surface area contributed by atoms with E-state index in [1.165, 1.54) is 6.20 Å². The number of halogens is 2. The van der Waals surface area contributed by atoms with Crippen LogP contribution in [-0.2, 0) is 0 Å². The molecular formula is C13H10BrFN2O. The summed E-state index contributed by atoms with van der Waals surface area (Å²) in [4.78, 5) is 15.5. The Morgan fingerprint density at radius 2 is 2.11 bits per heavy atom. The number of benzene rings is 1. The third-order valence-electron chi connectivity index (χ3n) is 2.34. The molecule has 0 unspecified atom stereocenters. The monoisotopic (exact) mass is 308 g/mol. The SMILES string of the molecule is Cc1ccc(NC(=O)c2cncc(F)c2)c(Br)c1. The van der Waals surface area contributed by atoms with E-state index in [0.29, 0.717) is 5.69 Å². The van der Waals surface area contributed by atoms with E-state index in [9.17, 15) is 9.18 Å². The lowest BCUT2D eigenvalue weighted by atomic mass is 10.2. The zero-order chi connectivity index (χ0) is 13.1. The number of anilines is 1. The molecule has 2 aromatic rings. The van der Waals surface area contributed by atoms with Gasteiger partial charge in [-0.05, 0) is 46.6 Å². The number of rotatable bonds is 2. The van der Waals surface area contributed by atoms with Crippen LogP contribution >= 0.6 is 15.9 Å². The zero-order valence-electron chi connectivity index (χ0n) is 9.58. The number of carbonyl (C=O) groups is 1. The number of aromatic nitrogens is 1. The summed E-state index contributed by atoms with van der Waals surface area (Å²) in [6, 6.07) is 6.69. The predicted octanol–water partition coefficient (Wildman–Crippen LogP) is 3.54. The van der Waals surface area contributed by atoms with Gasteiger partial charge in [-0.2, -0.15) is 0 Å². The molecule has 2 rings (SSSR count). The van der Waals surface area contributed by atoms with Gasteiger partial charge in [0.15, 0.2) is 0 Å². The van der Waals surface area contributed by atoms with E-state index in [-0.39, 0.29) is 5.56 Å². The summed E-state index contributed by atoms with van der Waals surface area (Å²) in [6.07, 6.45) is 2.37. The maximum absolute atomic E-state index is 12.9. The molecular weight excluding hydrogens is 299 g/mol. The van der Waals surface area contributed by atoms with Crippen LogP contribution in [0, 0.1) is 12.7 Å². The lowest BCUT2D eigenvalue weighted by Crippen LogP contribution is -2.12. The summed E-state index contributed by atoms with van der Waals surface area (Å²) in [6.45, 7) is 1.95. The smallest absolute Gasteiger partial charge is 0.257 e. The van der Waals surface area contributed by atoms with Gasteiger partial charge < -0.3 is 5.32 Å². The predicted molar refractivity (Wildman–Crippen MR) is 71.0 cm³/mol. The molecule has 0 saturated heterocycles. The topological polar surface area (TPSA) is 42.0 Å². The fourth-order valence-corrected chi connectivity index (χ4v) is 2.04. The van der Waals surface area contributed by atoms with Crippen molar-refractivity contribution in [3.63, 3.8) is 0 Å². The van der Waals surface area contributed by atoms with Crippen molar-refractivity contribution in [2.45, 2.75) is 6.92 Å². The Balaban J connectivity index is 2.21. The fourth-order valence-electron chi connectivity index (χ4n) is 1.45. The van der Waals surface area contributed by atoms with Crippen LogP contribution in [0.3, 0.4) is 0 Å². The fraction of sp³-hybridized carbons (Fsp3) is 0.0769. The summed E-state index contributed by atoms with van der Waals surface area (Å²) in [5.74, 6) is -0.933. The number of amides is 1. The van der Waals surface area contributed by atoms with Crippen LogP contribution in [0.4, 0.5) is 10.1 Å². The Hall–Kier alpha value is -1.75. The van der Waals surface area contributed by atoms with E-state index in [1.54, 1.807) is 6.07 Å². The van der Waals surface area contributed by atoms with Crippen molar-refractivity contribution in [3.8, 4) is 0 Å². The van der Waals surface area contributed by atoms with Crippen molar-refractivity contribution < 1.29 is 9.18 Å². The van der Waals surface area contributed by atoms with Crippen LogP contribution in [0.5, 0.6) is 0 Å². The molecule has 0 saturated carbocycles. The van der Waals surface area contributed by atoms with Crippen molar-refractivity contribution in [1.29, 1.82) is 0 Å². The molecule has 18 heavy (non-hydrogen) atoms. The van der Waals surface area contributed by atoms with Gasteiger partial charge in [0.05, 0.1) is 17.4 Å². The van der Waals surface area contributed by atoms with Gasteiger partial charge in [-0.15, -0.1) is 0 Å². The van der Waals surface area contributed by atoms with Crippen LogP contribution in [0.15, 0.2) is 41.1 Å². The van der Waals surface area contributed by atoms with Gasteiger partial charge in [0.2, 0.25) is 0 Å². The number of nitrogens with zero attached hydrogens (tertiary/aromatic N) is 1. The second-order valence-corrected chi connectivity index (χ2v) is 4.68. The summed E-state index contributed by atoms with van der Waals surface area (Å²) >= 11 is 3.36. The molecule has 92 valence electrons. The molecule has 0 spiro atoms. The largest absolute Gasteiger partial charge is 0.321 e. The van der Waals surface area contributed by atoms with Crippen LogP contribution < -0.4 is 5.32 Å². The first-order valence-electron chi connectivity index (χ1n) is 5.24. The molecule has 1 aromatic carbocycles.